The molecule has 1 atom stereocenters. The van der Waals surface area contributed by atoms with E-state index in [2.05, 4.69) is 148 Å². The normalized spacial score (nSPS) is 23.4. The molecule has 0 N–H and O–H groups in total. The summed E-state index contributed by atoms with van der Waals surface area (Å²) in [7, 11) is 0. The third-order valence-corrected chi connectivity index (χ3v) is 8.73. The molecule has 0 saturated heterocycles. The Morgan fingerprint density at radius 1 is 0.775 bits per heavy atom. The molecule has 0 radical (unpaired) electrons. The van der Waals surface area contributed by atoms with Crippen molar-refractivity contribution in [3.8, 4) is 0 Å². The summed E-state index contributed by atoms with van der Waals surface area (Å²) in [4.78, 5) is 0. The van der Waals surface area contributed by atoms with E-state index in [1.807, 2.05) is 0 Å². The van der Waals surface area contributed by atoms with Crippen LogP contribution >= 0.6 is 0 Å². The van der Waals surface area contributed by atoms with Crippen LogP contribution in [0.25, 0.3) is 0 Å². The fraction of sp³-hybridized carbons (Fsp3) is 0.500. The summed E-state index contributed by atoms with van der Waals surface area (Å²) in [6, 6.07) is 0. The third kappa shape index (κ3) is 11.5. The number of allylic oxidation sites excluding steroid dienone is 20. The zero-order valence-corrected chi connectivity index (χ0v) is 27.5. The van der Waals surface area contributed by atoms with Gasteiger partial charge in [0.15, 0.2) is 0 Å². The zero-order valence-electron chi connectivity index (χ0n) is 27.5. The van der Waals surface area contributed by atoms with Crippen LogP contribution in [0, 0.1) is 16.7 Å². The van der Waals surface area contributed by atoms with Gasteiger partial charge in [-0.15, -0.1) is 0 Å². The van der Waals surface area contributed by atoms with Crippen molar-refractivity contribution in [2.24, 2.45) is 16.7 Å². The van der Waals surface area contributed by atoms with Gasteiger partial charge in [0, 0.05) is 5.92 Å². The minimum Gasteiger partial charge on any atom is -0.0850 e. The second-order valence-corrected chi connectivity index (χ2v) is 13.6. The Morgan fingerprint density at radius 3 is 1.90 bits per heavy atom. The Balaban J connectivity index is 1.81. The van der Waals surface area contributed by atoms with Gasteiger partial charge in [0.2, 0.25) is 0 Å². The van der Waals surface area contributed by atoms with Crippen molar-refractivity contribution < 1.29 is 0 Å². The van der Waals surface area contributed by atoms with Crippen molar-refractivity contribution in [3.05, 3.63) is 118 Å². The van der Waals surface area contributed by atoms with Crippen LogP contribution in [0.3, 0.4) is 0 Å². The lowest BCUT2D eigenvalue weighted by Crippen LogP contribution is -2.26. The molecular weight excluding hydrogens is 480 g/mol. The Labute approximate surface area is 248 Å². The topological polar surface area (TPSA) is 0 Å². The van der Waals surface area contributed by atoms with Crippen molar-refractivity contribution in [2.75, 3.05) is 0 Å². The summed E-state index contributed by atoms with van der Waals surface area (Å²) in [5.74, 6) is 0.541. The molecule has 0 fully saturated rings. The number of unbranched alkanes of at least 4 members (excludes halogenated alkanes) is 1. The van der Waals surface area contributed by atoms with E-state index in [0.717, 1.165) is 12.8 Å². The predicted octanol–water partition coefficient (Wildman–Crippen LogP) is 12.7. The summed E-state index contributed by atoms with van der Waals surface area (Å²) in [5.41, 5.74) is 10.5. The van der Waals surface area contributed by atoms with Crippen molar-refractivity contribution >= 4 is 0 Å². The van der Waals surface area contributed by atoms with Gasteiger partial charge in [0.25, 0.3) is 0 Å². The molecule has 2 aliphatic rings. The second-order valence-electron chi connectivity index (χ2n) is 13.6. The van der Waals surface area contributed by atoms with Gasteiger partial charge in [0.1, 0.15) is 0 Å². The molecule has 0 spiro atoms. The highest BCUT2D eigenvalue weighted by Gasteiger charge is 2.30. The fourth-order valence-electron chi connectivity index (χ4n) is 6.03. The van der Waals surface area contributed by atoms with Gasteiger partial charge < -0.3 is 0 Å². The van der Waals surface area contributed by atoms with Crippen molar-refractivity contribution in [3.63, 3.8) is 0 Å². The van der Waals surface area contributed by atoms with Crippen LogP contribution in [0.2, 0.25) is 0 Å². The van der Waals surface area contributed by atoms with E-state index < -0.39 is 0 Å². The predicted molar refractivity (Wildman–Crippen MR) is 181 cm³/mol. The maximum atomic E-state index is 2.41. The van der Waals surface area contributed by atoms with Crippen LogP contribution in [-0.4, -0.2) is 0 Å². The molecule has 0 aromatic carbocycles. The van der Waals surface area contributed by atoms with E-state index in [0.29, 0.717) is 16.7 Å². The average molecular weight is 539 g/mol. The maximum Gasteiger partial charge on any atom is 0.00285 e. The Kier molecular flexibility index (Phi) is 13.4. The Morgan fingerprint density at radius 2 is 1.35 bits per heavy atom. The van der Waals surface area contributed by atoms with E-state index in [4.69, 9.17) is 0 Å². The summed E-state index contributed by atoms with van der Waals surface area (Å²) >= 11 is 0. The van der Waals surface area contributed by atoms with Crippen molar-refractivity contribution in [1.82, 2.24) is 0 Å². The van der Waals surface area contributed by atoms with Crippen LogP contribution in [0.5, 0.6) is 0 Å². The monoisotopic (exact) mass is 538 g/mol. The van der Waals surface area contributed by atoms with Gasteiger partial charge in [-0.3, -0.25) is 0 Å². The highest BCUT2D eigenvalue weighted by molar-refractivity contribution is 5.37. The first-order chi connectivity index (χ1) is 18.8. The van der Waals surface area contributed by atoms with E-state index >= 15 is 0 Å². The fourth-order valence-corrected chi connectivity index (χ4v) is 6.03. The second kappa shape index (κ2) is 16.0. The molecule has 0 aromatic heterocycles. The van der Waals surface area contributed by atoms with Crippen LogP contribution in [0.4, 0.5) is 0 Å². The van der Waals surface area contributed by atoms with E-state index in [-0.39, 0.29) is 0 Å². The van der Waals surface area contributed by atoms with Gasteiger partial charge in [-0.2, -0.15) is 0 Å². The lowest BCUT2D eigenvalue weighted by atomic mass is 9.68. The number of hydrogen-bond acceptors (Lipinski definition) is 0. The molecule has 0 bridgehead atoms. The average Bonchev–Trinajstić information content (AvgIpc) is 2.85. The van der Waals surface area contributed by atoms with Gasteiger partial charge >= 0.3 is 0 Å². The van der Waals surface area contributed by atoms with E-state index in [9.17, 15) is 0 Å². The summed E-state index contributed by atoms with van der Waals surface area (Å²) in [5, 5.41) is 0. The molecule has 2 aliphatic carbocycles. The molecule has 218 valence electrons. The molecule has 0 unspecified atom stereocenters. The molecule has 0 saturated carbocycles. The minimum absolute atomic E-state index is 0.299. The number of rotatable bonds is 11. The largest absolute Gasteiger partial charge is 0.0850 e. The molecule has 0 amide bonds. The summed E-state index contributed by atoms with van der Waals surface area (Å²) in [6.07, 6.45) is 38.1. The molecule has 0 nitrogen and oxygen atoms in total. The summed E-state index contributed by atoms with van der Waals surface area (Å²) in [6.45, 7) is 22.9. The van der Waals surface area contributed by atoms with Crippen LogP contribution in [0.1, 0.15) is 114 Å². The smallest absolute Gasteiger partial charge is 0.00285 e. The Hall–Kier alpha value is -2.60. The van der Waals surface area contributed by atoms with Gasteiger partial charge in [0.05, 0.1) is 0 Å². The lowest BCUT2D eigenvalue weighted by Gasteiger charge is -2.36. The lowest BCUT2D eigenvalue weighted by molar-refractivity contribution is 0.255. The number of hydrogen-bond donors (Lipinski definition) is 0. The van der Waals surface area contributed by atoms with E-state index in [1.54, 1.807) is 5.57 Å². The van der Waals surface area contributed by atoms with Crippen LogP contribution < -0.4 is 0 Å². The first kappa shape index (κ1) is 33.6. The maximum absolute atomic E-state index is 2.41. The standard InChI is InChI=1S/C40H58/c1-31(19-13-21-33(3)25-27-37-35(5)23-15-29-39(37,7)8)17-11-12-18-32(2)20-14-22-34(4)26-28-38-36(6)24-16-30-40(38,9)10/h13-14,17-23,25-28,37H,11-12,15-16,24,29-30H2,1-10H3/b19-13+,20-14+,27-25+,28-26+,31-17+,32-18+,33-21+,34-22+/t37-/m0/s1. The zero-order chi connectivity index (χ0) is 29.8. The molecule has 0 aromatic rings. The minimum atomic E-state index is 0.299. The molecular formula is C40H58. The highest BCUT2D eigenvalue weighted by atomic mass is 14.3. The molecule has 2 rings (SSSR count). The summed E-state index contributed by atoms with van der Waals surface area (Å²) < 4.78 is 0. The SMILES string of the molecule is CC1=CCCC(C)(C)[C@H]1/C=C/C(C)=C/C=C/C(C)=C/CC/C=C(C)/C=C/C=C(C)/C=C/C1=C(C)CCCC1(C)C. The van der Waals surface area contributed by atoms with Crippen molar-refractivity contribution in [2.45, 2.75) is 114 Å². The molecule has 0 heteroatoms. The quantitative estimate of drug-likeness (QED) is 0.139. The van der Waals surface area contributed by atoms with Gasteiger partial charge in [-0.05, 0) is 103 Å². The molecule has 0 aliphatic heterocycles. The van der Waals surface area contributed by atoms with Crippen molar-refractivity contribution in [1.29, 1.82) is 0 Å². The van der Waals surface area contributed by atoms with Gasteiger partial charge in [-0.1, -0.05) is 140 Å². The molecule has 40 heavy (non-hydrogen) atoms. The third-order valence-electron chi connectivity index (χ3n) is 8.73. The van der Waals surface area contributed by atoms with Gasteiger partial charge in [-0.25, -0.2) is 0 Å². The van der Waals surface area contributed by atoms with Crippen LogP contribution in [-0.2, 0) is 0 Å². The molecule has 0 heterocycles. The van der Waals surface area contributed by atoms with E-state index in [1.165, 1.54) is 65.5 Å². The van der Waals surface area contributed by atoms with Crippen LogP contribution in [0.15, 0.2) is 118 Å². The highest BCUT2D eigenvalue weighted by Crippen LogP contribution is 2.42. The Bertz CT molecular complexity index is 1150. The first-order valence-electron chi connectivity index (χ1n) is 15.6. The first-order valence-corrected chi connectivity index (χ1v) is 15.6.